The van der Waals surface area contributed by atoms with Gasteiger partial charge < -0.3 is 15.5 Å². The van der Waals surface area contributed by atoms with Gasteiger partial charge in [0, 0.05) is 50.4 Å². The first-order valence-corrected chi connectivity index (χ1v) is 10.6. The van der Waals surface area contributed by atoms with Crippen LogP contribution < -0.4 is 10.6 Å². The number of carbonyl (C=O) groups is 2. The second kappa shape index (κ2) is 8.95. The van der Waals surface area contributed by atoms with E-state index >= 15 is 0 Å². The lowest BCUT2D eigenvalue weighted by atomic mass is 9.89. The summed E-state index contributed by atoms with van der Waals surface area (Å²) in [6, 6.07) is 0. The van der Waals surface area contributed by atoms with Gasteiger partial charge in [0.15, 0.2) is 0 Å². The van der Waals surface area contributed by atoms with Crippen LogP contribution in [-0.2, 0) is 16.0 Å². The molecule has 0 radical (unpaired) electrons. The van der Waals surface area contributed by atoms with Crippen molar-refractivity contribution in [1.29, 1.82) is 0 Å². The van der Waals surface area contributed by atoms with Gasteiger partial charge in [0.2, 0.25) is 11.8 Å². The van der Waals surface area contributed by atoms with E-state index < -0.39 is 0 Å². The van der Waals surface area contributed by atoms with Gasteiger partial charge in [0.05, 0.1) is 22.5 Å². The molecule has 144 valence electrons. The molecule has 1 aromatic rings. The zero-order chi connectivity index (χ0) is 18.5. The Labute approximate surface area is 159 Å². The van der Waals surface area contributed by atoms with Crippen LogP contribution in [0.1, 0.15) is 49.7 Å². The molecule has 1 aromatic heterocycles. The predicted molar refractivity (Wildman–Crippen MR) is 103 cm³/mol. The first-order chi connectivity index (χ1) is 12.5. The van der Waals surface area contributed by atoms with Gasteiger partial charge in [-0.1, -0.05) is 13.8 Å². The number of likely N-dealkylation sites (tertiary alicyclic amines) is 1. The van der Waals surface area contributed by atoms with Crippen LogP contribution in [0.4, 0.5) is 0 Å². The molecule has 6 nitrogen and oxygen atoms in total. The number of carbonyl (C=O) groups excluding carboxylic acids is 2. The maximum atomic E-state index is 12.6. The lowest BCUT2D eigenvalue weighted by molar-refractivity contribution is -0.136. The molecular formula is C19H30N4O2S. The molecule has 2 unspecified atom stereocenters. The van der Waals surface area contributed by atoms with Crippen molar-refractivity contribution in [3.8, 4) is 0 Å². The van der Waals surface area contributed by atoms with Gasteiger partial charge in [-0.25, -0.2) is 4.98 Å². The maximum absolute atomic E-state index is 12.6. The van der Waals surface area contributed by atoms with Crippen LogP contribution in [0.25, 0.3) is 0 Å². The molecule has 2 aliphatic rings. The van der Waals surface area contributed by atoms with Crippen LogP contribution in [-0.4, -0.2) is 54.4 Å². The van der Waals surface area contributed by atoms with E-state index in [2.05, 4.69) is 34.8 Å². The van der Waals surface area contributed by atoms with Crippen molar-refractivity contribution >= 4 is 23.2 Å². The van der Waals surface area contributed by atoms with E-state index in [1.807, 2.05) is 4.90 Å². The molecule has 2 amide bonds. The minimum absolute atomic E-state index is 0.0516. The molecule has 0 saturated carbocycles. The lowest BCUT2D eigenvalue weighted by Gasteiger charge is -2.31. The number of aromatic nitrogens is 1. The zero-order valence-electron chi connectivity index (χ0n) is 15.8. The van der Waals surface area contributed by atoms with E-state index in [4.69, 9.17) is 0 Å². The number of rotatable bonds is 6. The molecule has 3 rings (SSSR count). The summed E-state index contributed by atoms with van der Waals surface area (Å²) in [4.78, 5) is 31.6. The summed E-state index contributed by atoms with van der Waals surface area (Å²) in [7, 11) is 0. The van der Waals surface area contributed by atoms with Crippen molar-refractivity contribution in [3.63, 3.8) is 0 Å². The first-order valence-electron chi connectivity index (χ1n) is 9.76. The molecule has 3 heterocycles. The minimum Gasteiger partial charge on any atom is -0.355 e. The Balaban J connectivity index is 1.44. The molecule has 0 bridgehead atoms. The molecule has 26 heavy (non-hydrogen) atoms. The van der Waals surface area contributed by atoms with E-state index in [-0.39, 0.29) is 23.7 Å². The van der Waals surface area contributed by atoms with Gasteiger partial charge in [-0.2, -0.15) is 0 Å². The minimum atomic E-state index is -0.123. The predicted octanol–water partition coefficient (Wildman–Crippen LogP) is 1.77. The van der Waals surface area contributed by atoms with Gasteiger partial charge in [0.1, 0.15) is 0 Å². The normalized spacial score (nSPS) is 23.4. The monoisotopic (exact) mass is 378 g/mol. The molecule has 0 aliphatic carbocycles. The van der Waals surface area contributed by atoms with Crippen LogP contribution in [0, 0.1) is 11.8 Å². The third kappa shape index (κ3) is 4.82. The smallest absolute Gasteiger partial charge is 0.226 e. The standard InChI is InChI=1S/C19H30N4O2S/c1-13(2)18-22-16(12-26-18)5-6-21-17(24)14-9-15(11-20-10-14)19(25)23-7-3-4-8-23/h12-15,20H,3-11H2,1-2H3,(H,21,24). The summed E-state index contributed by atoms with van der Waals surface area (Å²) in [6.07, 6.45) is 3.61. The van der Waals surface area contributed by atoms with Crippen LogP contribution in [0.5, 0.6) is 0 Å². The Hall–Kier alpha value is -1.47. The number of thiazole rings is 1. The van der Waals surface area contributed by atoms with Crippen molar-refractivity contribution in [2.75, 3.05) is 32.7 Å². The molecule has 0 spiro atoms. The topological polar surface area (TPSA) is 74.3 Å². The second-order valence-electron chi connectivity index (χ2n) is 7.69. The molecule has 0 aromatic carbocycles. The van der Waals surface area contributed by atoms with Gasteiger partial charge in [-0.05, 0) is 19.3 Å². The van der Waals surface area contributed by atoms with Crippen LogP contribution in [0.3, 0.4) is 0 Å². The summed E-state index contributed by atoms with van der Waals surface area (Å²) >= 11 is 1.68. The fraction of sp³-hybridized carbons (Fsp3) is 0.737. The molecule has 2 aliphatic heterocycles. The Morgan fingerprint density at radius 3 is 2.73 bits per heavy atom. The van der Waals surface area contributed by atoms with E-state index in [9.17, 15) is 9.59 Å². The van der Waals surface area contributed by atoms with Crippen molar-refractivity contribution in [2.24, 2.45) is 11.8 Å². The van der Waals surface area contributed by atoms with E-state index in [0.29, 0.717) is 32.0 Å². The maximum Gasteiger partial charge on any atom is 0.226 e. The summed E-state index contributed by atoms with van der Waals surface area (Å²) in [5.41, 5.74) is 1.04. The fourth-order valence-electron chi connectivity index (χ4n) is 3.69. The molecule has 2 atom stereocenters. The Bertz CT molecular complexity index is 625. The highest BCUT2D eigenvalue weighted by atomic mass is 32.1. The quantitative estimate of drug-likeness (QED) is 0.791. The van der Waals surface area contributed by atoms with Crippen LogP contribution in [0.2, 0.25) is 0 Å². The number of nitrogens with zero attached hydrogens (tertiary/aromatic N) is 2. The van der Waals surface area contributed by atoms with E-state index in [0.717, 1.165) is 43.1 Å². The van der Waals surface area contributed by atoms with Crippen molar-refractivity contribution in [1.82, 2.24) is 20.5 Å². The number of amides is 2. The van der Waals surface area contributed by atoms with Gasteiger partial charge in [-0.3, -0.25) is 9.59 Å². The number of hydrogen-bond donors (Lipinski definition) is 2. The van der Waals surface area contributed by atoms with Gasteiger partial charge in [0.25, 0.3) is 0 Å². The Kier molecular flexibility index (Phi) is 6.64. The second-order valence-corrected chi connectivity index (χ2v) is 8.58. The Morgan fingerprint density at radius 2 is 2.04 bits per heavy atom. The average Bonchev–Trinajstić information content (AvgIpc) is 3.33. The molecule has 2 saturated heterocycles. The van der Waals surface area contributed by atoms with Gasteiger partial charge >= 0.3 is 0 Å². The summed E-state index contributed by atoms with van der Waals surface area (Å²) in [5, 5.41) is 9.53. The fourth-order valence-corrected chi connectivity index (χ4v) is 4.56. The number of nitrogens with one attached hydrogen (secondary N) is 2. The Morgan fingerprint density at radius 1 is 1.31 bits per heavy atom. The zero-order valence-corrected chi connectivity index (χ0v) is 16.6. The largest absolute Gasteiger partial charge is 0.355 e. The van der Waals surface area contributed by atoms with E-state index in [1.165, 1.54) is 0 Å². The third-order valence-corrected chi connectivity index (χ3v) is 6.43. The lowest BCUT2D eigenvalue weighted by Crippen LogP contribution is -2.49. The summed E-state index contributed by atoms with van der Waals surface area (Å²) in [5.74, 6) is 0.528. The molecular weight excluding hydrogens is 348 g/mol. The highest BCUT2D eigenvalue weighted by molar-refractivity contribution is 7.09. The molecule has 2 N–H and O–H groups in total. The average molecular weight is 379 g/mol. The summed E-state index contributed by atoms with van der Waals surface area (Å²) in [6.45, 7) is 7.97. The highest BCUT2D eigenvalue weighted by Crippen LogP contribution is 2.22. The third-order valence-electron chi connectivity index (χ3n) is 5.23. The molecule has 7 heteroatoms. The SMILES string of the molecule is CC(C)c1nc(CCNC(=O)C2CNCC(C(=O)N3CCCC3)C2)cs1. The van der Waals surface area contributed by atoms with Crippen molar-refractivity contribution < 1.29 is 9.59 Å². The van der Waals surface area contributed by atoms with Crippen molar-refractivity contribution in [3.05, 3.63) is 16.1 Å². The number of hydrogen-bond acceptors (Lipinski definition) is 5. The van der Waals surface area contributed by atoms with E-state index in [1.54, 1.807) is 11.3 Å². The van der Waals surface area contributed by atoms with Gasteiger partial charge in [-0.15, -0.1) is 11.3 Å². The highest BCUT2D eigenvalue weighted by Gasteiger charge is 2.33. The summed E-state index contributed by atoms with van der Waals surface area (Å²) < 4.78 is 0. The first kappa shape index (κ1) is 19.3. The molecule has 2 fully saturated rings. The van der Waals surface area contributed by atoms with Crippen LogP contribution >= 0.6 is 11.3 Å². The number of piperidine rings is 1. The van der Waals surface area contributed by atoms with Crippen LogP contribution in [0.15, 0.2) is 5.38 Å². The van der Waals surface area contributed by atoms with Crippen molar-refractivity contribution in [2.45, 2.75) is 45.4 Å².